The number of hydrogen-bond donors (Lipinski definition) is 1. The van der Waals surface area contributed by atoms with Crippen LogP contribution in [0.2, 0.25) is 5.15 Å². The van der Waals surface area contributed by atoms with E-state index in [9.17, 15) is 4.79 Å². The molecule has 3 heterocycles. The quantitative estimate of drug-likeness (QED) is 0.944. The molecule has 112 valence electrons. The Morgan fingerprint density at radius 2 is 2.19 bits per heavy atom. The smallest absolute Gasteiger partial charge is 0.274 e. The lowest BCUT2D eigenvalue weighted by Gasteiger charge is -2.31. The number of pyridine rings is 1. The summed E-state index contributed by atoms with van der Waals surface area (Å²) in [6, 6.07) is 5.61. The van der Waals surface area contributed by atoms with E-state index in [4.69, 9.17) is 11.6 Å². The van der Waals surface area contributed by atoms with Crippen LogP contribution in [0.4, 0.5) is 0 Å². The van der Waals surface area contributed by atoms with Gasteiger partial charge in [0, 0.05) is 19.3 Å². The summed E-state index contributed by atoms with van der Waals surface area (Å²) in [6.45, 7) is 2.57. The van der Waals surface area contributed by atoms with Crippen molar-refractivity contribution in [1.29, 1.82) is 0 Å². The van der Waals surface area contributed by atoms with Crippen LogP contribution in [-0.4, -0.2) is 46.9 Å². The highest BCUT2D eigenvalue weighted by atomic mass is 35.5. The molecule has 0 saturated carbocycles. The molecule has 0 aromatic carbocycles. The standard InChI is InChI=1S/C15H19ClN4O/c1-17-10-11-5-8-19(9-6-11)15(21)13-14(16)18-12-4-2-3-7-20(12)13/h2-4,7,11,17H,5-6,8-10H2,1H3. The Hall–Kier alpha value is -1.59. The number of hydrogen-bond acceptors (Lipinski definition) is 3. The fourth-order valence-corrected chi connectivity index (χ4v) is 3.20. The number of amides is 1. The molecule has 21 heavy (non-hydrogen) atoms. The second-order valence-electron chi connectivity index (χ2n) is 5.47. The SMILES string of the molecule is CNCC1CCN(C(=O)c2c(Cl)nc3ccccn23)CC1. The minimum Gasteiger partial charge on any atom is -0.337 e. The van der Waals surface area contributed by atoms with Crippen LogP contribution in [0, 0.1) is 5.92 Å². The Morgan fingerprint density at radius 1 is 1.43 bits per heavy atom. The molecule has 2 aromatic rings. The highest BCUT2D eigenvalue weighted by molar-refractivity contribution is 6.32. The van der Waals surface area contributed by atoms with Crippen molar-refractivity contribution in [2.45, 2.75) is 12.8 Å². The van der Waals surface area contributed by atoms with Crippen molar-refractivity contribution in [3.63, 3.8) is 0 Å². The number of carbonyl (C=O) groups excluding carboxylic acids is 1. The molecule has 0 spiro atoms. The van der Waals surface area contributed by atoms with E-state index >= 15 is 0 Å². The molecule has 3 rings (SSSR count). The molecule has 1 amide bonds. The van der Waals surface area contributed by atoms with Crippen LogP contribution < -0.4 is 5.32 Å². The number of carbonyl (C=O) groups is 1. The highest BCUT2D eigenvalue weighted by Crippen LogP contribution is 2.23. The Kier molecular flexibility index (Phi) is 4.12. The summed E-state index contributed by atoms with van der Waals surface area (Å²) in [5.74, 6) is 0.623. The summed E-state index contributed by atoms with van der Waals surface area (Å²) >= 11 is 6.17. The van der Waals surface area contributed by atoms with Crippen LogP contribution in [0.25, 0.3) is 5.65 Å². The van der Waals surface area contributed by atoms with E-state index in [-0.39, 0.29) is 11.1 Å². The van der Waals surface area contributed by atoms with Gasteiger partial charge >= 0.3 is 0 Å². The largest absolute Gasteiger partial charge is 0.337 e. The van der Waals surface area contributed by atoms with Gasteiger partial charge in [0.25, 0.3) is 5.91 Å². The van der Waals surface area contributed by atoms with E-state index in [1.54, 1.807) is 4.40 Å². The van der Waals surface area contributed by atoms with Gasteiger partial charge in [-0.25, -0.2) is 4.98 Å². The van der Waals surface area contributed by atoms with Gasteiger partial charge in [-0.2, -0.15) is 0 Å². The lowest BCUT2D eigenvalue weighted by Crippen LogP contribution is -2.40. The van der Waals surface area contributed by atoms with Crippen LogP contribution in [0.15, 0.2) is 24.4 Å². The fraction of sp³-hybridized carbons (Fsp3) is 0.467. The van der Waals surface area contributed by atoms with Crippen molar-refractivity contribution >= 4 is 23.2 Å². The molecule has 6 heteroatoms. The van der Waals surface area contributed by atoms with Crippen molar-refractivity contribution in [1.82, 2.24) is 19.6 Å². The first-order chi connectivity index (χ1) is 10.2. The van der Waals surface area contributed by atoms with Crippen LogP contribution in [0.3, 0.4) is 0 Å². The monoisotopic (exact) mass is 306 g/mol. The highest BCUT2D eigenvalue weighted by Gasteiger charge is 2.27. The maximum atomic E-state index is 12.7. The summed E-state index contributed by atoms with van der Waals surface area (Å²) < 4.78 is 1.77. The van der Waals surface area contributed by atoms with Crippen molar-refractivity contribution in [2.24, 2.45) is 5.92 Å². The van der Waals surface area contributed by atoms with E-state index in [0.29, 0.717) is 17.3 Å². The van der Waals surface area contributed by atoms with Crippen LogP contribution >= 0.6 is 11.6 Å². The molecule has 0 radical (unpaired) electrons. The number of rotatable bonds is 3. The van der Waals surface area contributed by atoms with Crippen molar-refractivity contribution in [2.75, 3.05) is 26.7 Å². The minimum absolute atomic E-state index is 0.0263. The van der Waals surface area contributed by atoms with Gasteiger partial charge in [-0.15, -0.1) is 0 Å². The van der Waals surface area contributed by atoms with E-state index < -0.39 is 0 Å². The molecule has 0 bridgehead atoms. The lowest BCUT2D eigenvalue weighted by atomic mass is 9.96. The Labute approximate surface area is 128 Å². The number of halogens is 1. The number of imidazole rings is 1. The summed E-state index contributed by atoms with van der Waals surface area (Å²) in [5.41, 5.74) is 1.18. The molecule has 0 unspecified atom stereocenters. The lowest BCUT2D eigenvalue weighted by molar-refractivity contribution is 0.0684. The summed E-state index contributed by atoms with van der Waals surface area (Å²) in [5, 5.41) is 3.48. The number of nitrogens with zero attached hydrogens (tertiary/aromatic N) is 3. The number of fused-ring (bicyclic) bond motifs is 1. The topological polar surface area (TPSA) is 49.6 Å². The molecule has 2 aromatic heterocycles. The average Bonchev–Trinajstić information content (AvgIpc) is 2.83. The Bertz CT molecular complexity index is 646. The maximum absolute atomic E-state index is 12.7. The fourth-order valence-electron chi connectivity index (χ4n) is 2.94. The van der Waals surface area contributed by atoms with Gasteiger partial charge in [0.2, 0.25) is 0 Å². The number of nitrogens with one attached hydrogen (secondary N) is 1. The number of piperidine rings is 1. The molecule has 1 aliphatic rings. The van der Waals surface area contributed by atoms with Crippen molar-refractivity contribution in [3.8, 4) is 0 Å². The average molecular weight is 307 g/mol. The number of aromatic nitrogens is 2. The molecule has 1 N–H and O–H groups in total. The zero-order valence-corrected chi connectivity index (χ0v) is 12.8. The zero-order valence-electron chi connectivity index (χ0n) is 12.1. The molecule has 1 aliphatic heterocycles. The number of likely N-dealkylation sites (tertiary alicyclic amines) is 1. The second kappa shape index (κ2) is 6.03. The van der Waals surface area contributed by atoms with E-state index in [1.165, 1.54) is 0 Å². The minimum atomic E-state index is -0.0263. The third kappa shape index (κ3) is 2.76. The molecule has 1 saturated heterocycles. The van der Waals surface area contributed by atoms with E-state index in [0.717, 1.165) is 32.5 Å². The Morgan fingerprint density at radius 3 is 2.90 bits per heavy atom. The first-order valence-electron chi connectivity index (χ1n) is 7.27. The van der Waals surface area contributed by atoms with E-state index in [1.807, 2.05) is 36.3 Å². The normalized spacial score (nSPS) is 16.6. The van der Waals surface area contributed by atoms with Crippen molar-refractivity contribution in [3.05, 3.63) is 35.2 Å². The van der Waals surface area contributed by atoms with Gasteiger partial charge in [-0.1, -0.05) is 17.7 Å². The van der Waals surface area contributed by atoms with Gasteiger partial charge in [-0.3, -0.25) is 9.20 Å². The molecule has 1 fully saturated rings. The molecule has 5 nitrogen and oxygen atoms in total. The summed E-state index contributed by atoms with van der Waals surface area (Å²) in [6.07, 6.45) is 3.89. The van der Waals surface area contributed by atoms with Gasteiger partial charge in [0.1, 0.15) is 5.65 Å². The van der Waals surface area contributed by atoms with Crippen molar-refractivity contribution < 1.29 is 4.79 Å². The van der Waals surface area contributed by atoms with Gasteiger partial charge in [0.05, 0.1) is 0 Å². The first kappa shape index (κ1) is 14.4. The van der Waals surface area contributed by atoms with Gasteiger partial charge < -0.3 is 10.2 Å². The molecular formula is C15H19ClN4O. The van der Waals surface area contributed by atoms with Crippen LogP contribution in [0.1, 0.15) is 23.3 Å². The molecule has 0 aliphatic carbocycles. The predicted molar refractivity (Wildman–Crippen MR) is 82.8 cm³/mol. The maximum Gasteiger partial charge on any atom is 0.274 e. The zero-order chi connectivity index (χ0) is 14.8. The van der Waals surface area contributed by atoms with Gasteiger partial charge in [0.15, 0.2) is 10.8 Å². The van der Waals surface area contributed by atoms with E-state index in [2.05, 4.69) is 10.3 Å². The first-order valence-corrected chi connectivity index (χ1v) is 7.65. The third-order valence-electron chi connectivity index (χ3n) is 4.08. The van der Waals surface area contributed by atoms with Crippen LogP contribution in [-0.2, 0) is 0 Å². The predicted octanol–water partition coefficient (Wildman–Crippen LogP) is 2.06. The summed E-state index contributed by atoms with van der Waals surface area (Å²) in [4.78, 5) is 18.9. The third-order valence-corrected chi connectivity index (χ3v) is 4.35. The molecular weight excluding hydrogens is 288 g/mol. The van der Waals surface area contributed by atoms with Gasteiger partial charge in [-0.05, 0) is 44.5 Å². The van der Waals surface area contributed by atoms with Crippen LogP contribution in [0.5, 0.6) is 0 Å². The second-order valence-corrected chi connectivity index (χ2v) is 5.83. The molecule has 0 atom stereocenters. The Balaban J connectivity index is 1.80. The summed E-state index contributed by atoms with van der Waals surface area (Å²) in [7, 11) is 1.97.